The molecule has 1 atom stereocenters. The molecule has 0 spiro atoms. The minimum atomic E-state index is -0.789. The molecule has 1 unspecified atom stereocenters. The van der Waals surface area contributed by atoms with E-state index in [1.165, 1.54) is 0 Å². The molecular weight excluding hydrogens is 244 g/mol. The average Bonchev–Trinajstić information content (AvgIpc) is 2.33. The Balaban J connectivity index is 2.82. The molecule has 1 aromatic heterocycles. The van der Waals surface area contributed by atoms with E-state index in [4.69, 9.17) is 9.84 Å². The van der Waals surface area contributed by atoms with Crippen molar-refractivity contribution in [1.82, 2.24) is 9.97 Å². The summed E-state index contributed by atoms with van der Waals surface area (Å²) in [7, 11) is 1.67. The smallest absolute Gasteiger partial charge is 0.306 e. The Hall–Kier alpha value is -1.49. The predicted octanol–water partition coefficient (Wildman–Crippen LogP) is 1.94. The summed E-state index contributed by atoms with van der Waals surface area (Å²) in [6.07, 6.45) is 2.15. The molecule has 106 valence electrons. The molecule has 1 aromatic rings. The Kier molecular flexibility index (Phi) is 5.89. The minimum absolute atomic E-state index is 0.416. The number of aromatic nitrogens is 2. The Labute approximate surface area is 114 Å². The number of carbonyl (C=O) groups is 1. The van der Waals surface area contributed by atoms with Gasteiger partial charge in [-0.25, -0.2) is 9.97 Å². The first-order chi connectivity index (χ1) is 8.95. The largest absolute Gasteiger partial charge is 0.481 e. The molecule has 0 aliphatic carbocycles. The number of aliphatic carboxylic acids is 1. The van der Waals surface area contributed by atoms with Crippen LogP contribution in [0.5, 0.6) is 0 Å². The molecule has 19 heavy (non-hydrogen) atoms. The number of rotatable bonds is 7. The lowest BCUT2D eigenvalue weighted by Gasteiger charge is -2.13. The molecule has 5 heteroatoms. The van der Waals surface area contributed by atoms with E-state index in [0.717, 1.165) is 35.6 Å². The van der Waals surface area contributed by atoms with Gasteiger partial charge in [-0.3, -0.25) is 4.79 Å². The SMILES string of the molecule is COCCCc1nc(C)c(CC(C)C(=O)O)c(C)n1. The molecule has 1 heterocycles. The number of nitrogens with zero attached hydrogens (tertiary/aromatic N) is 2. The number of carboxylic acids is 1. The fraction of sp³-hybridized carbons (Fsp3) is 0.643. The first-order valence-corrected chi connectivity index (χ1v) is 6.50. The average molecular weight is 266 g/mol. The van der Waals surface area contributed by atoms with Crippen molar-refractivity contribution >= 4 is 5.97 Å². The fourth-order valence-corrected chi connectivity index (χ4v) is 1.98. The standard InChI is InChI=1S/C14H22N2O3/c1-9(14(17)18)8-12-10(2)15-13(16-11(12)3)6-5-7-19-4/h9H,5-8H2,1-4H3,(H,17,18). The number of hydrogen-bond acceptors (Lipinski definition) is 4. The first kappa shape index (κ1) is 15.6. The van der Waals surface area contributed by atoms with Crippen LogP contribution in [0.4, 0.5) is 0 Å². The van der Waals surface area contributed by atoms with E-state index in [1.807, 2.05) is 13.8 Å². The summed E-state index contributed by atoms with van der Waals surface area (Å²) in [5, 5.41) is 8.97. The summed E-state index contributed by atoms with van der Waals surface area (Å²) in [4.78, 5) is 19.8. The maximum absolute atomic E-state index is 10.9. The van der Waals surface area contributed by atoms with Crippen LogP contribution in [0.25, 0.3) is 0 Å². The van der Waals surface area contributed by atoms with E-state index in [0.29, 0.717) is 13.0 Å². The third-order valence-electron chi connectivity index (χ3n) is 3.15. The van der Waals surface area contributed by atoms with Crippen LogP contribution in [0.15, 0.2) is 0 Å². The summed E-state index contributed by atoms with van der Waals surface area (Å²) in [5.41, 5.74) is 2.71. The van der Waals surface area contributed by atoms with E-state index in [9.17, 15) is 4.79 Å². The first-order valence-electron chi connectivity index (χ1n) is 6.50. The maximum atomic E-state index is 10.9. The molecule has 0 amide bonds. The molecule has 0 fully saturated rings. The highest BCUT2D eigenvalue weighted by atomic mass is 16.5. The molecule has 0 bridgehead atoms. The molecule has 0 aliphatic rings. The molecular formula is C14H22N2O3. The van der Waals surface area contributed by atoms with Crippen molar-refractivity contribution < 1.29 is 14.6 Å². The van der Waals surface area contributed by atoms with Crippen molar-refractivity contribution in [2.45, 2.75) is 40.0 Å². The zero-order chi connectivity index (χ0) is 14.4. The number of hydrogen-bond donors (Lipinski definition) is 1. The van der Waals surface area contributed by atoms with Gasteiger partial charge in [-0.15, -0.1) is 0 Å². The molecule has 1 N–H and O–H groups in total. The van der Waals surface area contributed by atoms with E-state index in [1.54, 1.807) is 14.0 Å². The van der Waals surface area contributed by atoms with Gasteiger partial charge >= 0.3 is 5.97 Å². The normalized spacial score (nSPS) is 12.4. The lowest BCUT2D eigenvalue weighted by atomic mass is 9.99. The van der Waals surface area contributed by atoms with Crippen molar-refractivity contribution in [1.29, 1.82) is 0 Å². The molecule has 0 radical (unpaired) electrons. The van der Waals surface area contributed by atoms with Gasteiger partial charge in [0.1, 0.15) is 5.82 Å². The van der Waals surface area contributed by atoms with Gasteiger partial charge in [0, 0.05) is 31.5 Å². The van der Waals surface area contributed by atoms with Crippen molar-refractivity contribution in [3.8, 4) is 0 Å². The van der Waals surface area contributed by atoms with Crippen molar-refractivity contribution in [2.75, 3.05) is 13.7 Å². The van der Waals surface area contributed by atoms with Crippen LogP contribution < -0.4 is 0 Å². The van der Waals surface area contributed by atoms with Gasteiger partial charge in [0.25, 0.3) is 0 Å². The van der Waals surface area contributed by atoms with Crippen LogP contribution in [-0.2, 0) is 22.4 Å². The second kappa shape index (κ2) is 7.19. The van der Waals surface area contributed by atoms with Crippen LogP contribution >= 0.6 is 0 Å². The predicted molar refractivity (Wildman–Crippen MR) is 72.2 cm³/mol. The molecule has 0 aliphatic heterocycles. The monoisotopic (exact) mass is 266 g/mol. The molecule has 0 saturated heterocycles. The van der Waals surface area contributed by atoms with Crippen LogP contribution in [0.1, 0.15) is 36.1 Å². The Morgan fingerprint density at radius 2 is 1.89 bits per heavy atom. The number of methoxy groups -OCH3 is 1. The van der Waals surface area contributed by atoms with Gasteiger partial charge in [-0.05, 0) is 32.3 Å². The topological polar surface area (TPSA) is 72.3 Å². The fourth-order valence-electron chi connectivity index (χ4n) is 1.98. The number of carboxylic acid groups (broad SMARTS) is 1. The number of aryl methyl sites for hydroxylation is 3. The molecule has 1 rings (SSSR count). The summed E-state index contributed by atoms with van der Waals surface area (Å²) in [5.74, 6) is -0.401. The quantitative estimate of drug-likeness (QED) is 0.763. The Morgan fingerprint density at radius 1 is 1.32 bits per heavy atom. The van der Waals surface area contributed by atoms with Crippen LogP contribution in [0.3, 0.4) is 0 Å². The Morgan fingerprint density at radius 3 is 2.37 bits per heavy atom. The molecule has 5 nitrogen and oxygen atoms in total. The Bertz CT molecular complexity index is 423. The summed E-state index contributed by atoms with van der Waals surface area (Å²) in [6.45, 7) is 6.23. The van der Waals surface area contributed by atoms with E-state index in [2.05, 4.69) is 9.97 Å². The zero-order valence-corrected chi connectivity index (χ0v) is 12.1. The highest BCUT2D eigenvalue weighted by Gasteiger charge is 2.16. The van der Waals surface area contributed by atoms with Gasteiger partial charge in [-0.1, -0.05) is 6.92 Å². The highest BCUT2D eigenvalue weighted by molar-refractivity contribution is 5.70. The lowest BCUT2D eigenvalue weighted by molar-refractivity contribution is -0.141. The lowest BCUT2D eigenvalue weighted by Crippen LogP contribution is -2.15. The highest BCUT2D eigenvalue weighted by Crippen LogP contribution is 2.16. The van der Waals surface area contributed by atoms with Gasteiger partial charge in [-0.2, -0.15) is 0 Å². The minimum Gasteiger partial charge on any atom is -0.481 e. The van der Waals surface area contributed by atoms with E-state index >= 15 is 0 Å². The molecule has 0 saturated carbocycles. The van der Waals surface area contributed by atoms with Gasteiger partial charge in [0.05, 0.1) is 5.92 Å². The van der Waals surface area contributed by atoms with Crippen LogP contribution in [0, 0.1) is 19.8 Å². The zero-order valence-electron chi connectivity index (χ0n) is 12.1. The van der Waals surface area contributed by atoms with Crippen molar-refractivity contribution in [3.05, 3.63) is 22.8 Å². The third-order valence-corrected chi connectivity index (χ3v) is 3.15. The third kappa shape index (κ3) is 4.59. The second-order valence-corrected chi connectivity index (χ2v) is 4.83. The van der Waals surface area contributed by atoms with Gasteiger partial charge in [0.2, 0.25) is 0 Å². The number of ether oxygens (including phenoxy) is 1. The van der Waals surface area contributed by atoms with Crippen LogP contribution in [0.2, 0.25) is 0 Å². The summed E-state index contributed by atoms with van der Waals surface area (Å²) in [6, 6.07) is 0. The van der Waals surface area contributed by atoms with Crippen molar-refractivity contribution in [3.63, 3.8) is 0 Å². The van der Waals surface area contributed by atoms with Gasteiger partial charge in [0.15, 0.2) is 0 Å². The molecule has 0 aromatic carbocycles. The van der Waals surface area contributed by atoms with Gasteiger partial charge < -0.3 is 9.84 Å². The summed E-state index contributed by atoms with van der Waals surface area (Å²) >= 11 is 0. The van der Waals surface area contributed by atoms with Crippen LogP contribution in [-0.4, -0.2) is 34.8 Å². The second-order valence-electron chi connectivity index (χ2n) is 4.83. The maximum Gasteiger partial charge on any atom is 0.306 e. The van der Waals surface area contributed by atoms with E-state index in [-0.39, 0.29) is 0 Å². The van der Waals surface area contributed by atoms with Crippen molar-refractivity contribution in [2.24, 2.45) is 5.92 Å². The summed E-state index contributed by atoms with van der Waals surface area (Å²) < 4.78 is 5.01. The van der Waals surface area contributed by atoms with E-state index < -0.39 is 11.9 Å².